The first kappa shape index (κ1) is 15.6. The molecular weight excluding hydrogens is 274 g/mol. The number of hydrogen-bond donors (Lipinski definition) is 1. The Balaban J connectivity index is 1.52. The highest BCUT2D eigenvalue weighted by atomic mass is 16.1. The Bertz CT molecular complexity index is 514. The third kappa shape index (κ3) is 3.36. The zero-order valence-corrected chi connectivity index (χ0v) is 14.0. The molecule has 1 unspecified atom stereocenters. The molecule has 1 aliphatic heterocycles. The summed E-state index contributed by atoms with van der Waals surface area (Å²) < 4.78 is 2.16. The molecule has 2 heterocycles. The van der Waals surface area contributed by atoms with Gasteiger partial charge in [0.25, 0.3) is 0 Å². The molecule has 1 aromatic heterocycles. The van der Waals surface area contributed by atoms with Gasteiger partial charge in [0.15, 0.2) is 0 Å². The summed E-state index contributed by atoms with van der Waals surface area (Å²) in [6, 6.07) is 0. The third-order valence-corrected chi connectivity index (χ3v) is 5.75. The zero-order valence-electron chi connectivity index (χ0n) is 14.0. The van der Waals surface area contributed by atoms with E-state index in [2.05, 4.69) is 28.7 Å². The van der Waals surface area contributed by atoms with Crippen molar-refractivity contribution in [3.63, 3.8) is 0 Å². The van der Waals surface area contributed by atoms with Crippen molar-refractivity contribution in [2.24, 2.45) is 17.3 Å². The topological polar surface area (TPSA) is 46.9 Å². The van der Waals surface area contributed by atoms with Crippen molar-refractivity contribution in [3.8, 4) is 0 Å². The molecule has 4 heteroatoms. The fraction of sp³-hybridized carbons (Fsp3) is 0.778. The smallest absolute Gasteiger partial charge is 0.223 e. The fourth-order valence-electron chi connectivity index (χ4n) is 4.06. The van der Waals surface area contributed by atoms with Gasteiger partial charge in [-0.1, -0.05) is 33.1 Å². The summed E-state index contributed by atoms with van der Waals surface area (Å²) >= 11 is 0. The number of nitrogens with one attached hydrogen (secondary N) is 1. The van der Waals surface area contributed by atoms with Crippen LogP contribution in [0.25, 0.3) is 0 Å². The van der Waals surface area contributed by atoms with E-state index in [4.69, 9.17) is 0 Å². The van der Waals surface area contributed by atoms with Crippen LogP contribution in [0.5, 0.6) is 0 Å². The molecule has 22 heavy (non-hydrogen) atoms. The maximum absolute atomic E-state index is 12.5. The second kappa shape index (κ2) is 6.43. The summed E-state index contributed by atoms with van der Waals surface area (Å²) in [4.78, 5) is 16.9. The van der Waals surface area contributed by atoms with Crippen molar-refractivity contribution in [1.29, 1.82) is 0 Å². The van der Waals surface area contributed by atoms with E-state index in [1.165, 1.54) is 32.1 Å². The van der Waals surface area contributed by atoms with Crippen LogP contribution in [-0.4, -0.2) is 22.0 Å². The van der Waals surface area contributed by atoms with Gasteiger partial charge in [-0.15, -0.1) is 0 Å². The summed E-state index contributed by atoms with van der Waals surface area (Å²) in [7, 11) is 0. The molecule has 1 amide bonds. The first-order chi connectivity index (χ1) is 10.6. The van der Waals surface area contributed by atoms with Gasteiger partial charge in [-0.05, 0) is 30.6 Å². The van der Waals surface area contributed by atoms with Crippen LogP contribution < -0.4 is 5.32 Å². The van der Waals surface area contributed by atoms with Crippen LogP contribution in [0.2, 0.25) is 0 Å². The second-order valence-corrected chi connectivity index (χ2v) is 7.77. The highest BCUT2D eigenvalue weighted by Gasteiger charge is 2.32. The van der Waals surface area contributed by atoms with Crippen LogP contribution in [0.4, 0.5) is 0 Å². The minimum Gasteiger partial charge on any atom is -0.355 e. The maximum atomic E-state index is 12.5. The predicted molar refractivity (Wildman–Crippen MR) is 87.4 cm³/mol. The van der Waals surface area contributed by atoms with Gasteiger partial charge in [0.2, 0.25) is 5.91 Å². The van der Waals surface area contributed by atoms with Crippen molar-refractivity contribution in [1.82, 2.24) is 14.9 Å². The van der Waals surface area contributed by atoms with Gasteiger partial charge in [-0.2, -0.15) is 0 Å². The Kier molecular flexibility index (Phi) is 4.55. The average Bonchev–Trinajstić information content (AvgIpc) is 3.01. The normalized spacial score (nSPS) is 23.1. The quantitative estimate of drug-likeness (QED) is 0.928. The van der Waals surface area contributed by atoms with Gasteiger partial charge in [-0.25, -0.2) is 4.98 Å². The first-order valence-corrected chi connectivity index (χ1v) is 8.84. The highest BCUT2D eigenvalue weighted by molar-refractivity contribution is 5.79. The lowest BCUT2D eigenvalue weighted by atomic mass is 9.71. The van der Waals surface area contributed by atoms with E-state index in [9.17, 15) is 4.79 Å². The van der Waals surface area contributed by atoms with Crippen LogP contribution in [0, 0.1) is 17.3 Å². The summed E-state index contributed by atoms with van der Waals surface area (Å²) in [5, 5.41) is 3.24. The maximum Gasteiger partial charge on any atom is 0.223 e. The van der Waals surface area contributed by atoms with Gasteiger partial charge >= 0.3 is 0 Å². The summed E-state index contributed by atoms with van der Waals surface area (Å²) in [5.74, 6) is 2.12. The van der Waals surface area contributed by atoms with E-state index in [0.29, 0.717) is 0 Å². The molecule has 1 aliphatic carbocycles. The number of carbonyl (C=O) groups excluding carboxylic acids is 1. The molecule has 1 saturated carbocycles. The number of carbonyl (C=O) groups is 1. The van der Waals surface area contributed by atoms with E-state index >= 15 is 0 Å². The molecule has 3 rings (SSSR count). The number of amides is 1. The van der Waals surface area contributed by atoms with Crippen LogP contribution in [0.15, 0.2) is 12.4 Å². The molecule has 122 valence electrons. The van der Waals surface area contributed by atoms with Crippen LogP contribution >= 0.6 is 0 Å². The zero-order chi connectivity index (χ0) is 15.6. The molecule has 0 aromatic carbocycles. The molecule has 4 nitrogen and oxygen atoms in total. The van der Waals surface area contributed by atoms with Crippen molar-refractivity contribution >= 4 is 5.91 Å². The Morgan fingerprint density at radius 2 is 2.09 bits per heavy atom. The van der Waals surface area contributed by atoms with Crippen molar-refractivity contribution in [3.05, 3.63) is 18.2 Å². The van der Waals surface area contributed by atoms with Crippen molar-refractivity contribution in [2.75, 3.05) is 6.54 Å². The lowest BCUT2D eigenvalue weighted by Crippen LogP contribution is -2.43. The minimum atomic E-state index is 0.0945. The molecular formula is C18H29N3O. The molecule has 1 N–H and O–H groups in total. The molecule has 1 aromatic rings. The number of aromatic nitrogens is 2. The second-order valence-electron chi connectivity index (χ2n) is 7.77. The van der Waals surface area contributed by atoms with Crippen molar-refractivity contribution < 1.29 is 4.79 Å². The Morgan fingerprint density at radius 1 is 1.32 bits per heavy atom. The summed E-state index contributed by atoms with van der Waals surface area (Å²) in [5.41, 5.74) is 0.212. The van der Waals surface area contributed by atoms with E-state index in [-0.39, 0.29) is 17.2 Å². The SMILES string of the molecule is CC(C)(CNC(=O)C1CCn2ccnc2C1)C1CCCCC1. The van der Waals surface area contributed by atoms with Gasteiger partial charge in [0, 0.05) is 37.8 Å². The number of fused-ring (bicyclic) bond motifs is 1. The van der Waals surface area contributed by atoms with Gasteiger partial charge in [0.1, 0.15) is 5.82 Å². The van der Waals surface area contributed by atoms with Gasteiger partial charge in [0.05, 0.1) is 0 Å². The number of nitrogens with zero attached hydrogens (tertiary/aromatic N) is 2. The third-order valence-electron chi connectivity index (χ3n) is 5.75. The van der Waals surface area contributed by atoms with E-state index in [0.717, 1.165) is 37.7 Å². The molecule has 2 aliphatic rings. The van der Waals surface area contributed by atoms with E-state index < -0.39 is 0 Å². The fourth-order valence-corrected chi connectivity index (χ4v) is 4.06. The standard InChI is InChI=1S/C18H29N3O/c1-18(2,15-6-4-3-5-7-15)13-20-17(22)14-8-10-21-11-9-19-16(21)12-14/h9,11,14-15H,3-8,10,12-13H2,1-2H3,(H,20,22). The van der Waals surface area contributed by atoms with Gasteiger partial charge < -0.3 is 9.88 Å². The summed E-state index contributed by atoms with van der Waals surface area (Å²) in [6.45, 7) is 6.36. The Morgan fingerprint density at radius 3 is 2.86 bits per heavy atom. The molecule has 0 bridgehead atoms. The lowest BCUT2D eigenvalue weighted by molar-refractivity contribution is -0.126. The van der Waals surface area contributed by atoms with Crippen molar-refractivity contribution in [2.45, 2.75) is 65.3 Å². The van der Waals surface area contributed by atoms with Gasteiger partial charge in [-0.3, -0.25) is 4.79 Å². The van der Waals surface area contributed by atoms with Crippen LogP contribution in [0.3, 0.4) is 0 Å². The Labute approximate surface area is 133 Å². The number of rotatable bonds is 4. The number of hydrogen-bond acceptors (Lipinski definition) is 2. The predicted octanol–water partition coefficient (Wildman–Crippen LogP) is 3.17. The molecule has 0 spiro atoms. The van der Waals surface area contributed by atoms with Crippen LogP contribution in [-0.2, 0) is 17.8 Å². The monoisotopic (exact) mass is 303 g/mol. The molecule has 0 radical (unpaired) electrons. The summed E-state index contributed by atoms with van der Waals surface area (Å²) in [6.07, 6.45) is 12.3. The van der Waals surface area contributed by atoms with Crippen LogP contribution in [0.1, 0.15) is 58.2 Å². The molecule has 0 saturated heterocycles. The average molecular weight is 303 g/mol. The largest absolute Gasteiger partial charge is 0.355 e. The Hall–Kier alpha value is -1.32. The number of imidazole rings is 1. The first-order valence-electron chi connectivity index (χ1n) is 8.84. The van der Waals surface area contributed by atoms with E-state index in [1.54, 1.807) is 0 Å². The molecule has 1 fully saturated rings. The molecule has 1 atom stereocenters. The highest BCUT2D eigenvalue weighted by Crippen LogP contribution is 2.37. The lowest BCUT2D eigenvalue weighted by Gasteiger charge is -2.37. The number of aryl methyl sites for hydroxylation is 1. The van der Waals surface area contributed by atoms with E-state index in [1.807, 2.05) is 12.4 Å². The minimum absolute atomic E-state index is 0.0945.